The van der Waals surface area contributed by atoms with Crippen molar-refractivity contribution in [3.05, 3.63) is 65.7 Å². The van der Waals surface area contributed by atoms with Gasteiger partial charge in [-0.15, -0.1) is 0 Å². The largest absolute Gasteiger partial charge is 0.479 e. The second kappa shape index (κ2) is 7.04. The molecule has 1 aliphatic rings. The van der Waals surface area contributed by atoms with Gasteiger partial charge in [-0.3, -0.25) is 9.59 Å². The third-order valence-electron chi connectivity index (χ3n) is 4.17. The molecule has 0 saturated heterocycles. The highest BCUT2D eigenvalue weighted by atomic mass is 16.5. The molecule has 0 fully saturated rings. The van der Waals surface area contributed by atoms with Gasteiger partial charge in [0, 0.05) is 17.8 Å². The number of anilines is 2. The Labute approximate surface area is 153 Å². The number of aryl methyl sites for hydroxylation is 1. The lowest BCUT2D eigenvalue weighted by Gasteiger charge is -2.33. The van der Waals surface area contributed by atoms with Gasteiger partial charge in [0.25, 0.3) is 11.8 Å². The standard InChI is InChI=1S/C21H22N2O3/c1-13(2)12-23-18-11-17(9-10-19(18)26-15(4)21(23)25)22-20(24)16-7-5-14(3)6-8-16/h5-11,15H,1,12H2,2-4H3,(H,22,24). The SMILES string of the molecule is C=C(C)CN1C(=O)C(C)Oc2ccc(NC(=O)c3ccc(C)cc3)cc21. The molecule has 1 unspecified atom stereocenters. The fraction of sp³-hybridized carbons (Fsp3) is 0.238. The van der Waals surface area contributed by atoms with Gasteiger partial charge in [-0.25, -0.2) is 0 Å². The van der Waals surface area contributed by atoms with Crippen LogP contribution in [0.5, 0.6) is 5.75 Å². The average Bonchev–Trinajstić information content (AvgIpc) is 2.59. The maximum Gasteiger partial charge on any atom is 0.268 e. The van der Waals surface area contributed by atoms with Crippen molar-refractivity contribution in [3.8, 4) is 5.75 Å². The van der Waals surface area contributed by atoms with E-state index < -0.39 is 6.10 Å². The molecular weight excluding hydrogens is 328 g/mol. The van der Waals surface area contributed by atoms with Crippen LogP contribution in [0.25, 0.3) is 0 Å². The van der Waals surface area contributed by atoms with Crippen molar-refractivity contribution in [2.45, 2.75) is 26.9 Å². The number of fused-ring (bicyclic) bond motifs is 1. The number of hydrogen-bond donors (Lipinski definition) is 1. The van der Waals surface area contributed by atoms with Gasteiger partial charge >= 0.3 is 0 Å². The van der Waals surface area contributed by atoms with Gasteiger partial charge in [0.05, 0.1) is 5.69 Å². The number of ether oxygens (including phenoxy) is 1. The first kappa shape index (κ1) is 17.7. The van der Waals surface area contributed by atoms with Crippen molar-refractivity contribution in [1.29, 1.82) is 0 Å². The lowest BCUT2D eigenvalue weighted by molar-refractivity contribution is -0.125. The number of amides is 2. The first-order valence-electron chi connectivity index (χ1n) is 8.49. The molecule has 2 amide bonds. The predicted molar refractivity (Wildman–Crippen MR) is 103 cm³/mol. The number of nitrogens with one attached hydrogen (secondary N) is 1. The minimum atomic E-state index is -0.546. The van der Waals surface area contributed by atoms with E-state index in [4.69, 9.17) is 4.74 Å². The molecule has 1 atom stereocenters. The molecule has 2 aromatic rings. The predicted octanol–water partition coefficient (Wildman–Crippen LogP) is 3.94. The second-order valence-electron chi connectivity index (χ2n) is 6.64. The van der Waals surface area contributed by atoms with Crippen molar-refractivity contribution in [1.82, 2.24) is 0 Å². The first-order valence-corrected chi connectivity index (χ1v) is 8.49. The molecular formula is C21H22N2O3. The molecule has 0 saturated carbocycles. The van der Waals surface area contributed by atoms with E-state index in [2.05, 4.69) is 11.9 Å². The van der Waals surface area contributed by atoms with Crippen LogP contribution >= 0.6 is 0 Å². The third kappa shape index (κ3) is 3.61. The summed E-state index contributed by atoms with van der Waals surface area (Å²) in [6.45, 7) is 9.88. The Morgan fingerprint density at radius 1 is 1.23 bits per heavy atom. The van der Waals surface area contributed by atoms with Crippen LogP contribution in [0.2, 0.25) is 0 Å². The van der Waals surface area contributed by atoms with Gasteiger partial charge in [0.1, 0.15) is 5.75 Å². The Hall–Kier alpha value is -3.08. The van der Waals surface area contributed by atoms with Gasteiger partial charge in [-0.1, -0.05) is 29.8 Å². The molecule has 0 aromatic heterocycles. The summed E-state index contributed by atoms with van der Waals surface area (Å²) in [5.74, 6) is 0.294. The van der Waals surface area contributed by atoms with Crippen molar-refractivity contribution >= 4 is 23.2 Å². The lowest BCUT2D eigenvalue weighted by atomic mass is 10.1. The molecule has 0 bridgehead atoms. The first-order chi connectivity index (χ1) is 12.3. The number of benzene rings is 2. The quantitative estimate of drug-likeness (QED) is 0.850. The van der Waals surface area contributed by atoms with Crippen LogP contribution in [0.1, 0.15) is 29.8 Å². The third-order valence-corrected chi connectivity index (χ3v) is 4.17. The molecule has 0 aliphatic carbocycles. The Morgan fingerprint density at radius 3 is 2.58 bits per heavy atom. The highest BCUT2D eigenvalue weighted by molar-refractivity contribution is 6.05. The van der Waals surface area contributed by atoms with E-state index in [1.165, 1.54) is 0 Å². The second-order valence-corrected chi connectivity index (χ2v) is 6.64. The Balaban J connectivity index is 1.88. The van der Waals surface area contributed by atoms with Crippen LogP contribution < -0.4 is 15.0 Å². The zero-order valence-electron chi connectivity index (χ0n) is 15.2. The van der Waals surface area contributed by atoms with E-state index in [9.17, 15) is 9.59 Å². The van der Waals surface area contributed by atoms with Gasteiger partial charge in [-0.05, 0) is 51.1 Å². The molecule has 3 rings (SSSR count). The summed E-state index contributed by atoms with van der Waals surface area (Å²) >= 11 is 0. The van der Waals surface area contributed by atoms with E-state index in [1.807, 2.05) is 26.0 Å². The maximum absolute atomic E-state index is 12.5. The Morgan fingerprint density at radius 2 is 1.92 bits per heavy atom. The van der Waals surface area contributed by atoms with Crippen molar-refractivity contribution in [2.24, 2.45) is 0 Å². The molecule has 2 aromatic carbocycles. The summed E-state index contributed by atoms with van der Waals surface area (Å²) in [7, 11) is 0. The van der Waals surface area contributed by atoms with Gasteiger partial charge in [0.15, 0.2) is 6.10 Å². The van der Waals surface area contributed by atoms with Crippen LogP contribution in [0.15, 0.2) is 54.6 Å². The number of rotatable bonds is 4. The fourth-order valence-electron chi connectivity index (χ4n) is 2.83. The van der Waals surface area contributed by atoms with Crippen molar-refractivity contribution in [2.75, 3.05) is 16.8 Å². The van der Waals surface area contributed by atoms with Crippen LogP contribution in [-0.2, 0) is 4.79 Å². The number of nitrogens with zero attached hydrogens (tertiary/aromatic N) is 1. The highest BCUT2D eigenvalue weighted by Crippen LogP contribution is 2.36. The van der Waals surface area contributed by atoms with Gasteiger partial charge < -0.3 is 15.0 Å². The monoisotopic (exact) mass is 350 g/mol. The molecule has 1 heterocycles. The normalized spacial score (nSPS) is 15.9. The minimum Gasteiger partial charge on any atom is -0.479 e. The number of carbonyl (C=O) groups is 2. The van der Waals surface area contributed by atoms with E-state index >= 15 is 0 Å². The van der Waals surface area contributed by atoms with Crippen molar-refractivity contribution < 1.29 is 14.3 Å². The molecule has 5 heteroatoms. The molecule has 0 spiro atoms. The molecule has 1 aliphatic heterocycles. The van der Waals surface area contributed by atoms with E-state index in [0.29, 0.717) is 29.2 Å². The van der Waals surface area contributed by atoms with Crippen LogP contribution in [0.4, 0.5) is 11.4 Å². The van der Waals surface area contributed by atoms with Crippen molar-refractivity contribution in [3.63, 3.8) is 0 Å². The van der Waals surface area contributed by atoms with Crippen LogP contribution in [0, 0.1) is 6.92 Å². The molecule has 26 heavy (non-hydrogen) atoms. The summed E-state index contributed by atoms with van der Waals surface area (Å²) in [5.41, 5.74) is 3.78. The van der Waals surface area contributed by atoms with E-state index in [0.717, 1.165) is 11.1 Å². The summed E-state index contributed by atoms with van der Waals surface area (Å²) in [5, 5.41) is 2.87. The minimum absolute atomic E-state index is 0.123. The van der Waals surface area contributed by atoms with E-state index in [-0.39, 0.29) is 11.8 Å². The highest BCUT2D eigenvalue weighted by Gasteiger charge is 2.31. The fourth-order valence-corrected chi connectivity index (χ4v) is 2.83. The summed E-state index contributed by atoms with van der Waals surface area (Å²) in [6, 6.07) is 12.7. The maximum atomic E-state index is 12.5. The number of carbonyl (C=O) groups excluding carboxylic acids is 2. The zero-order chi connectivity index (χ0) is 18.8. The summed E-state index contributed by atoms with van der Waals surface area (Å²) in [6.07, 6.45) is -0.546. The smallest absolute Gasteiger partial charge is 0.268 e. The zero-order valence-corrected chi connectivity index (χ0v) is 15.2. The average molecular weight is 350 g/mol. The Bertz CT molecular complexity index is 871. The number of hydrogen-bond acceptors (Lipinski definition) is 3. The molecule has 134 valence electrons. The van der Waals surface area contributed by atoms with E-state index in [1.54, 1.807) is 42.2 Å². The molecule has 5 nitrogen and oxygen atoms in total. The molecule has 1 N–H and O–H groups in total. The summed E-state index contributed by atoms with van der Waals surface area (Å²) < 4.78 is 5.68. The van der Waals surface area contributed by atoms with Gasteiger partial charge in [0.2, 0.25) is 0 Å². The van der Waals surface area contributed by atoms with Crippen LogP contribution in [-0.4, -0.2) is 24.5 Å². The molecule has 0 radical (unpaired) electrons. The Kier molecular flexibility index (Phi) is 4.80. The van der Waals surface area contributed by atoms with Crippen LogP contribution in [0.3, 0.4) is 0 Å². The lowest BCUT2D eigenvalue weighted by Crippen LogP contribution is -2.45. The topological polar surface area (TPSA) is 58.6 Å². The van der Waals surface area contributed by atoms with Gasteiger partial charge in [-0.2, -0.15) is 0 Å². The summed E-state index contributed by atoms with van der Waals surface area (Å²) in [4.78, 5) is 26.6.